The first-order chi connectivity index (χ1) is 42.9. The maximum Gasteiger partial charge on any atom is 0.330 e. The second-order valence-corrected chi connectivity index (χ2v) is 43.6. The van der Waals surface area contributed by atoms with Crippen LogP contribution in [0.1, 0.15) is 225 Å². The minimum atomic E-state index is -1.70. The summed E-state index contributed by atoms with van der Waals surface area (Å²) in [6, 6.07) is 19.6. The smallest absolute Gasteiger partial charge is 0.330 e. The Morgan fingerprint density at radius 2 is 0.747 bits per heavy atom. The number of aromatic amines is 1. The second kappa shape index (κ2) is 45.1. The fourth-order valence-corrected chi connectivity index (χ4v) is 32.9. The summed E-state index contributed by atoms with van der Waals surface area (Å²) < 4.78 is 22.8. The van der Waals surface area contributed by atoms with Crippen LogP contribution in [0.25, 0.3) is 18.2 Å². The average molecular weight is 1310 g/mol. The van der Waals surface area contributed by atoms with E-state index in [1.54, 1.807) is 25.2 Å². The van der Waals surface area contributed by atoms with Crippen molar-refractivity contribution >= 4 is 72.4 Å². The topological polar surface area (TPSA) is 144 Å². The standard InChI is InChI=1S/2C20H35NO2Si.C13H25NSi.C11H15NO2.C8H8O.C4H6O/c2*1-8-9-14-23-20(22)11-10-19-12-13-21(15-19)24(16(2)3,17(4)5)18(6)7;1-11(2)15(12(3)4,13(5)6)14-9-7-8-10-14;1-2-3-8-14-11(13)5-4-10-6-7-12-9-10;1-7(9)8-5-3-2-4-6-8;1-3-4(2)5/h2*10-13,15-18H,8-9,14H2,1-7H3;7-13H,1-6H3;4-7,9,12H,2-3,8H2,1H3;2-6H,1H3;3H,1H2,2H3/b2*11-10+;;5-4+;;. The molecule has 5 aromatic rings. The van der Waals surface area contributed by atoms with E-state index >= 15 is 0 Å². The van der Waals surface area contributed by atoms with Gasteiger partial charge in [-0.2, -0.15) is 0 Å². The van der Waals surface area contributed by atoms with Gasteiger partial charge in [-0.1, -0.05) is 202 Å². The van der Waals surface area contributed by atoms with Gasteiger partial charge in [0.1, 0.15) is 0 Å². The molecule has 0 aliphatic rings. The molecule has 0 atom stereocenters. The number of aromatic nitrogens is 4. The third-order valence-electron chi connectivity index (χ3n) is 17.3. The Labute approximate surface area is 556 Å². The largest absolute Gasteiger partial charge is 0.463 e. The first kappa shape index (κ1) is 84.7. The SMILES string of the molecule is C=CC(C)=O.CC(=O)c1ccccc1.CC(C)[Si](C(C)C)(C(C)C)n1cccc1.CCCCOC(=O)/C=C/c1cc[nH]c1.CCCCOC(=O)/C=C/c1ccn([Si](C(C)C)(C(C)C)C(C)C)c1.CCCCOC(=O)/C=C/c1ccn([Si](C(C)C)(C(C)C)C(C)C)c1. The Bertz CT molecular complexity index is 2700. The van der Waals surface area contributed by atoms with Gasteiger partial charge in [0.15, 0.2) is 36.3 Å². The molecular weight excluding hydrogens is 1180 g/mol. The van der Waals surface area contributed by atoms with Crippen molar-refractivity contribution in [2.24, 2.45) is 0 Å². The van der Waals surface area contributed by atoms with Crippen molar-refractivity contribution in [1.29, 1.82) is 0 Å². The van der Waals surface area contributed by atoms with Gasteiger partial charge < -0.3 is 31.9 Å². The molecule has 0 spiro atoms. The lowest BCUT2D eigenvalue weighted by atomic mass is 10.2. The van der Waals surface area contributed by atoms with Gasteiger partial charge in [-0.25, -0.2) is 14.4 Å². The Hall–Kier alpha value is -6.30. The van der Waals surface area contributed by atoms with Crippen LogP contribution in [0.3, 0.4) is 0 Å². The number of unbranched alkanes of at least 4 members (excludes halogenated alkanes) is 3. The van der Waals surface area contributed by atoms with Crippen LogP contribution in [-0.2, 0) is 33.4 Å². The van der Waals surface area contributed by atoms with Crippen LogP contribution in [-0.4, -0.2) is 91.7 Å². The second-order valence-electron chi connectivity index (χ2n) is 26.3. The molecule has 4 aromatic heterocycles. The summed E-state index contributed by atoms with van der Waals surface area (Å²) in [5.41, 5.74) is 10.2. The van der Waals surface area contributed by atoms with Crippen LogP contribution in [0.4, 0.5) is 0 Å². The molecule has 0 amide bonds. The van der Waals surface area contributed by atoms with E-state index < -0.39 is 24.7 Å². The summed E-state index contributed by atoms with van der Waals surface area (Å²) in [6.45, 7) is 56.6. The van der Waals surface area contributed by atoms with Crippen molar-refractivity contribution in [3.05, 3.63) is 163 Å². The molecule has 0 bridgehead atoms. The highest BCUT2D eigenvalue weighted by Gasteiger charge is 2.47. The van der Waals surface area contributed by atoms with Gasteiger partial charge in [0.25, 0.3) is 0 Å². The molecule has 5 rings (SSSR count). The van der Waals surface area contributed by atoms with Gasteiger partial charge in [-0.3, -0.25) is 9.59 Å². The number of allylic oxidation sites excluding steroid dienone is 1. The van der Waals surface area contributed by atoms with Crippen molar-refractivity contribution in [3.8, 4) is 0 Å². The number of benzene rings is 1. The number of carbonyl (C=O) groups is 5. The van der Waals surface area contributed by atoms with E-state index in [1.807, 2.05) is 60.9 Å². The van der Waals surface area contributed by atoms with Crippen molar-refractivity contribution in [2.75, 3.05) is 19.8 Å². The first-order valence-corrected chi connectivity index (χ1v) is 40.3. The van der Waals surface area contributed by atoms with E-state index in [-0.39, 0.29) is 29.5 Å². The lowest BCUT2D eigenvalue weighted by molar-refractivity contribution is -0.138. The average Bonchev–Trinajstić information content (AvgIpc) is 1.79. The van der Waals surface area contributed by atoms with E-state index in [0.717, 1.165) is 77.4 Å². The zero-order valence-corrected chi connectivity index (χ0v) is 63.8. The van der Waals surface area contributed by atoms with E-state index in [9.17, 15) is 24.0 Å². The maximum atomic E-state index is 11.7. The zero-order chi connectivity index (χ0) is 69.5. The Morgan fingerprint density at radius 3 is 1.00 bits per heavy atom. The Kier molecular flexibility index (Phi) is 42.0. The number of hydrogen-bond acceptors (Lipinski definition) is 8. The molecular formula is C76H124N4O8Si3. The Morgan fingerprint density at radius 1 is 0.440 bits per heavy atom. The highest BCUT2D eigenvalue weighted by Crippen LogP contribution is 2.45. The fraction of sp³-hybridized carbons (Fsp3) is 0.539. The minimum absolute atomic E-state index is 0.0185. The number of carbonyl (C=O) groups excluding carboxylic acids is 5. The molecule has 91 heavy (non-hydrogen) atoms. The van der Waals surface area contributed by atoms with E-state index in [4.69, 9.17) is 14.2 Å². The number of esters is 3. The van der Waals surface area contributed by atoms with E-state index in [2.05, 4.69) is 231 Å². The van der Waals surface area contributed by atoms with Gasteiger partial charge >= 0.3 is 17.9 Å². The molecule has 0 fully saturated rings. The monoisotopic (exact) mass is 1300 g/mol. The predicted octanol–water partition coefficient (Wildman–Crippen LogP) is 21.3. The van der Waals surface area contributed by atoms with Crippen LogP contribution in [0.2, 0.25) is 49.9 Å². The summed E-state index contributed by atoms with van der Waals surface area (Å²) in [6.07, 6.45) is 34.1. The molecule has 15 heteroatoms. The van der Waals surface area contributed by atoms with Crippen LogP contribution >= 0.6 is 0 Å². The third kappa shape index (κ3) is 27.8. The molecule has 12 nitrogen and oxygen atoms in total. The highest BCUT2D eigenvalue weighted by atomic mass is 28.3. The summed E-state index contributed by atoms with van der Waals surface area (Å²) in [5.74, 6) is -0.646. The molecule has 0 aliphatic heterocycles. The van der Waals surface area contributed by atoms with Gasteiger partial charge in [0.2, 0.25) is 0 Å². The quantitative estimate of drug-likeness (QED) is 0.0124. The van der Waals surface area contributed by atoms with E-state index in [0.29, 0.717) is 53.1 Å². The molecule has 1 N–H and O–H groups in total. The molecule has 0 aliphatic carbocycles. The predicted molar refractivity (Wildman–Crippen MR) is 395 cm³/mol. The van der Waals surface area contributed by atoms with Crippen molar-refractivity contribution < 1.29 is 38.2 Å². The van der Waals surface area contributed by atoms with Crippen LogP contribution in [0, 0.1) is 0 Å². The highest BCUT2D eigenvalue weighted by molar-refractivity contribution is 6.83. The van der Waals surface area contributed by atoms with Crippen molar-refractivity contribution in [2.45, 2.75) is 248 Å². The molecule has 0 saturated carbocycles. The first-order valence-electron chi connectivity index (χ1n) is 33.7. The summed E-state index contributed by atoms with van der Waals surface area (Å²) in [5, 5.41) is 0. The lowest BCUT2D eigenvalue weighted by Gasteiger charge is -2.44. The normalized spacial score (nSPS) is 11.8. The number of nitrogens with one attached hydrogen (secondary N) is 1. The molecule has 1 aromatic carbocycles. The number of Topliss-reactive ketones (excluding diaryl/α,β-unsaturated/α-hetero) is 1. The zero-order valence-electron chi connectivity index (χ0n) is 60.8. The number of ketones is 2. The van der Waals surface area contributed by atoms with Crippen LogP contribution < -0.4 is 0 Å². The summed E-state index contributed by atoms with van der Waals surface area (Å²) in [4.78, 5) is 57.8. The van der Waals surface area contributed by atoms with Gasteiger partial charge in [-0.05, 0) is 179 Å². The summed E-state index contributed by atoms with van der Waals surface area (Å²) >= 11 is 0. The molecule has 4 heterocycles. The molecule has 0 unspecified atom stereocenters. The van der Waals surface area contributed by atoms with Gasteiger partial charge in [0.05, 0.1) is 19.8 Å². The minimum Gasteiger partial charge on any atom is -0.463 e. The number of H-pyrrole nitrogens is 1. The molecule has 0 radical (unpaired) electrons. The van der Waals surface area contributed by atoms with Crippen LogP contribution in [0.5, 0.6) is 0 Å². The number of rotatable bonds is 29. The van der Waals surface area contributed by atoms with E-state index in [1.165, 1.54) is 19.1 Å². The number of hydrogen-bond donors (Lipinski definition) is 1. The van der Waals surface area contributed by atoms with Crippen molar-refractivity contribution in [1.82, 2.24) is 17.7 Å². The molecule has 508 valence electrons. The summed E-state index contributed by atoms with van der Waals surface area (Å²) in [7, 11) is -4.83. The maximum absolute atomic E-state index is 11.7. The van der Waals surface area contributed by atoms with Gasteiger partial charge in [0, 0.05) is 48.6 Å². The van der Waals surface area contributed by atoms with Crippen molar-refractivity contribution in [3.63, 3.8) is 0 Å². The Balaban J connectivity index is 0.00000113. The molecule has 0 saturated heterocycles. The van der Waals surface area contributed by atoms with Crippen LogP contribution in [0.15, 0.2) is 141 Å². The lowest BCUT2D eigenvalue weighted by Crippen LogP contribution is -2.51. The number of ether oxygens (including phenoxy) is 3. The third-order valence-corrected chi connectivity index (χ3v) is 37.4. The van der Waals surface area contributed by atoms with Gasteiger partial charge in [-0.15, -0.1) is 0 Å². The fourth-order valence-electron chi connectivity index (χ4n) is 13.5. The number of nitrogens with zero attached hydrogens (tertiary/aromatic N) is 3.